The van der Waals surface area contributed by atoms with Gasteiger partial charge in [-0.1, -0.05) is 13.0 Å². The highest BCUT2D eigenvalue weighted by atomic mass is 16.5. The number of aromatic amines is 1. The van der Waals surface area contributed by atoms with Gasteiger partial charge in [-0.2, -0.15) is 0 Å². The summed E-state index contributed by atoms with van der Waals surface area (Å²) in [6.07, 6.45) is 1.90. The van der Waals surface area contributed by atoms with E-state index in [1.54, 1.807) is 33.8 Å². The second kappa shape index (κ2) is 7.76. The minimum absolute atomic E-state index is 0.121. The summed E-state index contributed by atoms with van der Waals surface area (Å²) in [4.78, 5) is 41.0. The summed E-state index contributed by atoms with van der Waals surface area (Å²) in [6, 6.07) is -0.640. The molecule has 1 amide bonds. The van der Waals surface area contributed by atoms with Crippen LogP contribution in [-0.4, -0.2) is 47.2 Å². The largest absolute Gasteiger partial charge is 0.464 e. The molecule has 0 fully saturated rings. The number of carbonyl (C=O) groups excluding carboxylic acids is 3. The SMILES string of the molecule is C=CCN(C(=O)CC)[C@@H](C)C(=O)c1c(C)[nH]c(C(=O)OC)c1C. The number of esters is 1. The molecule has 6 heteroatoms. The van der Waals surface area contributed by atoms with E-state index >= 15 is 0 Å². The first kappa shape index (κ1) is 18.7. The normalized spacial score (nSPS) is 11.7. The van der Waals surface area contributed by atoms with Gasteiger partial charge in [0.15, 0.2) is 5.78 Å². The van der Waals surface area contributed by atoms with Crippen LogP contribution in [0.4, 0.5) is 0 Å². The first-order valence-corrected chi connectivity index (χ1v) is 7.52. The second-order valence-electron chi connectivity index (χ2n) is 5.35. The minimum Gasteiger partial charge on any atom is -0.464 e. The molecule has 0 unspecified atom stereocenters. The van der Waals surface area contributed by atoms with Crippen molar-refractivity contribution in [2.75, 3.05) is 13.7 Å². The maximum atomic E-state index is 12.8. The minimum atomic E-state index is -0.640. The number of hydrogen-bond donors (Lipinski definition) is 1. The van der Waals surface area contributed by atoms with Crippen molar-refractivity contribution in [1.29, 1.82) is 0 Å². The highest BCUT2D eigenvalue weighted by Crippen LogP contribution is 2.22. The molecule has 6 nitrogen and oxygen atoms in total. The summed E-state index contributed by atoms with van der Waals surface area (Å²) in [5.41, 5.74) is 1.81. The molecule has 0 saturated carbocycles. The van der Waals surface area contributed by atoms with Crippen molar-refractivity contribution in [2.24, 2.45) is 0 Å². The Bertz CT molecular complexity index is 631. The Morgan fingerprint density at radius 2 is 1.96 bits per heavy atom. The van der Waals surface area contributed by atoms with Gasteiger partial charge in [0.25, 0.3) is 0 Å². The number of H-pyrrole nitrogens is 1. The molecule has 0 aliphatic rings. The third kappa shape index (κ3) is 3.70. The van der Waals surface area contributed by atoms with E-state index in [-0.39, 0.29) is 17.4 Å². The number of nitrogens with zero attached hydrogens (tertiary/aromatic N) is 1. The monoisotopic (exact) mass is 320 g/mol. The zero-order valence-electron chi connectivity index (χ0n) is 14.4. The van der Waals surface area contributed by atoms with E-state index < -0.39 is 12.0 Å². The standard InChI is InChI=1S/C17H24N2O4/c1-7-9-19(13(20)8-2)12(5)16(21)14-10(3)15(17(22)23-6)18-11(14)4/h7,12,18H,1,8-9H2,2-6H3/t12-/m0/s1. The molecule has 0 aromatic carbocycles. The lowest BCUT2D eigenvalue weighted by molar-refractivity contribution is -0.131. The Labute approximate surface area is 136 Å². The van der Waals surface area contributed by atoms with Crippen molar-refractivity contribution in [3.63, 3.8) is 0 Å². The fourth-order valence-electron chi connectivity index (χ4n) is 2.59. The van der Waals surface area contributed by atoms with E-state index in [1.165, 1.54) is 12.0 Å². The number of methoxy groups -OCH3 is 1. The highest BCUT2D eigenvalue weighted by molar-refractivity contribution is 6.06. The van der Waals surface area contributed by atoms with Gasteiger partial charge in [-0.3, -0.25) is 9.59 Å². The van der Waals surface area contributed by atoms with E-state index in [4.69, 9.17) is 4.74 Å². The van der Waals surface area contributed by atoms with Crippen LogP contribution in [-0.2, 0) is 9.53 Å². The van der Waals surface area contributed by atoms with E-state index in [0.29, 0.717) is 29.8 Å². The molecule has 126 valence electrons. The third-order valence-electron chi connectivity index (χ3n) is 3.87. The quantitative estimate of drug-likeness (QED) is 0.475. The molecule has 1 aromatic heterocycles. The summed E-state index contributed by atoms with van der Waals surface area (Å²) in [7, 11) is 1.29. The fourth-order valence-corrected chi connectivity index (χ4v) is 2.59. The van der Waals surface area contributed by atoms with Gasteiger partial charge >= 0.3 is 5.97 Å². The second-order valence-corrected chi connectivity index (χ2v) is 5.35. The number of hydrogen-bond acceptors (Lipinski definition) is 4. The van der Waals surface area contributed by atoms with Crippen LogP contribution >= 0.6 is 0 Å². The van der Waals surface area contributed by atoms with Crippen LogP contribution in [0.25, 0.3) is 0 Å². The third-order valence-corrected chi connectivity index (χ3v) is 3.87. The number of Topliss-reactive ketones (excluding diaryl/α,β-unsaturated/α-hetero) is 1. The molecule has 1 N–H and O–H groups in total. The van der Waals surface area contributed by atoms with Gasteiger partial charge in [0.1, 0.15) is 5.69 Å². The molecule has 1 heterocycles. The van der Waals surface area contributed by atoms with Crippen molar-refractivity contribution < 1.29 is 19.1 Å². The zero-order valence-corrected chi connectivity index (χ0v) is 14.4. The van der Waals surface area contributed by atoms with Crippen LogP contribution in [0.15, 0.2) is 12.7 Å². The maximum Gasteiger partial charge on any atom is 0.354 e. The van der Waals surface area contributed by atoms with Crippen molar-refractivity contribution in [2.45, 2.75) is 40.2 Å². The molecule has 1 rings (SSSR count). The maximum absolute atomic E-state index is 12.8. The Balaban J connectivity index is 3.22. The van der Waals surface area contributed by atoms with Gasteiger partial charge in [0.2, 0.25) is 5.91 Å². The molecule has 23 heavy (non-hydrogen) atoms. The van der Waals surface area contributed by atoms with Gasteiger partial charge in [0.05, 0.1) is 13.2 Å². The van der Waals surface area contributed by atoms with Crippen LogP contribution in [0.2, 0.25) is 0 Å². The lowest BCUT2D eigenvalue weighted by Gasteiger charge is -2.27. The molecule has 0 aliphatic carbocycles. The lowest BCUT2D eigenvalue weighted by Crippen LogP contribution is -2.43. The van der Waals surface area contributed by atoms with E-state index in [1.807, 2.05) is 0 Å². The Morgan fingerprint density at radius 3 is 2.43 bits per heavy atom. The van der Waals surface area contributed by atoms with Crippen molar-refractivity contribution in [1.82, 2.24) is 9.88 Å². The number of aryl methyl sites for hydroxylation is 1. The van der Waals surface area contributed by atoms with Crippen LogP contribution in [0.3, 0.4) is 0 Å². The van der Waals surface area contributed by atoms with E-state index in [9.17, 15) is 14.4 Å². The Hall–Kier alpha value is -2.37. The highest BCUT2D eigenvalue weighted by Gasteiger charge is 2.30. The number of carbonyl (C=O) groups is 3. The predicted octanol–water partition coefficient (Wildman–Crippen LogP) is 2.41. The van der Waals surface area contributed by atoms with Crippen LogP contribution in [0, 0.1) is 13.8 Å². The summed E-state index contributed by atoms with van der Waals surface area (Å²) in [5.74, 6) is -0.857. The molecule has 0 radical (unpaired) electrons. The number of rotatable bonds is 7. The number of amides is 1. The molecule has 1 atom stereocenters. The molecule has 1 aromatic rings. The number of ketones is 1. The van der Waals surface area contributed by atoms with Crippen molar-refractivity contribution in [3.8, 4) is 0 Å². The average molecular weight is 320 g/mol. The lowest BCUT2D eigenvalue weighted by atomic mass is 9.99. The van der Waals surface area contributed by atoms with E-state index in [0.717, 1.165) is 0 Å². The van der Waals surface area contributed by atoms with E-state index in [2.05, 4.69) is 11.6 Å². The van der Waals surface area contributed by atoms with Crippen LogP contribution in [0.5, 0.6) is 0 Å². The van der Waals surface area contributed by atoms with Gasteiger partial charge in [0, 0.05) is 24.2 Å². The van der Waals surface area contributed by atoms with Crippen LogP contribution in [0.1, 0.15) is 52.4 Å². The summed E-state index contributed by atoms with van der Waals surface area (Å²) < 4.78 is 4.71. The Kier molecular flexibility index (Phi) is 6.30. The molecule has 0 spiro atoms. The first-order valence-electron chi connectivity index (χ1n) is 7.52. The Morgan fingerprint density at radius 1 is 1.35 bits per heavy atom. The van der Waals surface area contributed by atoms with Gasteiger partial charge in [-0.25, -0.2) is 4.79 Å². The van der Waals surface area contributed by atoms with Gasteiger partial charge in [-0.05, 0) is 26.3 Å². The zero-order chi connectivity index (χ0) is 17.7. The van der Waals surface area contributed by atoms with Gasteiger partial charge < -0.3 is 14.6 Å². The number of ether oxygens (including phenoxy) is 1. The fraction of sp³-hybridized carbons (Fsp3) is 0.471. The molecule has 0 bridgehead atoms. The average Bonchev–Trinajstić information content (AvgIpc) is 2.84. The predicted molar refractivity (Wildman–Crippen MR) is 87.6 cm³/mol. The molecule has 0 saturated heterocycles. The first-order chi connectivity index (χ1) is 10.8. The van der Waals surface area contributed by atoms with Crippen molar-refractivity contribution >= 4 is 17.7 Å². The van der Waals surface area contributed by atoms with Crippen molar-refractivity contribution in [3.05, 3.63) is 35.2 Å². The summed E-state index contributed by atoms with van der Waals surface area (Å²) in [6.45, 7) is 10.8. The van der Waals surface area contributed by atoms with Crippen LogP contribution < -0.4 is 0 Å². The summed E-state index contributed by atoms with van der Waals surface area (Å²) in [5, 5.41) is 0. The molecular weight excluding hydrogens is 296 g/mol. The number of aromatic nitrogens is 1. The molecular formula is C17H24N2O4. The number of nitrogens with one attached hydrogen (secondary N) is 1. The molecule has 0 aliphatic heterocycles. The topological polar surface area (TPSA) is 79.5 Å². The summed E-state index contributed by atoms with van der Waals surface area (Å²) >= 11 is 0. The smallest absolute Gasteiger partial charge is 0.354 e. The van der Waals surface area contributed by atoms with Gasteiger partial charge in [-0.15, -0.1) is 6.58 Å².